The Hall–Kier alpha value is -3.40. The molecule has 1 N–H and O–H groups in total. The lowest BCUT2D eigenvalue weighted by molar-refractivity contribution is 0.164. The number of urea groups is 1. The number of aryl methyl sites for hydroxylation is 1. The molecule has 4 aromatic rings. The highest BCUT2D eigenvalue weighted by Crippen LogP contribution is 2.34. The summed E-state index contributed by atoms with van der Waals surface area (Å²) in [5.41, 5.74) is 4.63. The van der Waals surface area contributed by atoms with E-state index in [0.717, 1.165) is 46.2 Å². The van der Waals surface area contributed by atoms with Gasteiger partial charge in [0.1, 0.15) is 0 Å². The van der Waals surface area contributed by atoms with Crippen LogP contribution in [0, 0.1) is 0 Å². The Morgan fingerprint density at radius 3 is 2.61 bits per heavy atom. The molecule has 9 nitrogen and oxygen atoms in total. The van der Waals surface area contributed by atoms with Crippen LogP contribution >= 0.6 is 11.6 Å². The summed E-state index contributed by atoms with van der Waals surface area (Å²) in [5.74, 6) is 0. The minimum atomic E-state index is -0.121. The molecule has 188 valence electrons. The van der Waals surface area contributed by atoms with E-state index in [1.165, 1.54) is 0 Å². The van der Waals surface area contributed by atoms with Gasteiger partial charge in [-0.25, -0.2) is 9.59 Å². The number of imidazole rings is 1. The highest BCUT2D eigenvalue weighted by molar-refractivity contribution is 6.33. The lowest BCUT2D eigenvalue weighted by atomic mass is 10.0. The number of aromatic nitrogens is 3. The zero-order valence-corrected chi connectivity index (χ0v) is 21.4. The van der Waals surface area contributed by atoms with E-state index in [0.29, 0.717) is 37.0 Å². The van der Waals surface area contributed by atoms with Crippen molar-refractivity contribution >= 4 is 45.3 Å². The van der Waals surface area contributed by atoms with Gasteiger partial charge in [-0.05, 0) is 36.9 Å². The van der Waals surface area contributed by atoms with E-state index >= 15 is 0 Å². The van der Waals surface area contributed by atoms with E-state index in [-0.39, 0.29) is 11.7 Å². The van der Waals surface area contributed by atoms with Crippen molar-refractivity contribution in [1.82, 2.24) is 23.9 Å². The molecule has 0 saturated carbocycles. The number of likely N-dealkylation sites (N-methyl/N-ethyl adjacent to an activating group) is 1. The molecule has 10 heteroatoms. The molecule has 36 heavy (non-hydrogen) atoms. The summed E-state index contributed by atoms with van der Waals surface area (Å²) in [6.45, 7) is 3.98. The number of benzene rings is 2. The quantitative estimate of drug-likeness (QED) is 0.445. The van der Waals surface area contributed by atoms with Crippen LogP contribution in [0.15, 0.2) is 47.4 Å². The molecule has 1 fully saturated rings. The first-order chi connectivity index (χ1) is 17.4. The Labute approximate surface area is 213 Å². The number of nitrogens with one attached hydrogen (secondary N) is 1. The molecule has 2 amide bonds. The average Bonchev–Trinajstić information content (AvgIpc) is 3.12. The number of hydrogen-bond donors (Lipinski definition) is 1. The number of nitrogens with zero attached hydrogens (tertiary/aromatic N) is 5. The number of fused-ring (bicyclic) bond motifs is 3. The van der Waals surface area contributed by atoms with Gasteiger partial charge in [0.25, 0.3) is 0 Å². The molecule has 0 aliphatic carbocycles. The first-order valence-electron chi connectivity index (χ1n) is 11.9. The Morgan fingerprint density at radius 1 is 1.11 bits per heavy atom. The Morgan fingerprint density at radius 2 is 1.89 bits per heavy atom. The molecule has 0 atom stereocenters. The van der Waals surface area contributed by atoms with Crippen molar-refractivity contribution in [2.24, 2.45) is 7.05 Å². The molecule has 5 rings (SSSR count). The van der Waals surface area contributed by atoms with Crippen LogP contribution in [-0.4, -0.2) is 76.9 Å². The highest BCUT2D eigenvalue weighted by Gasteiger charge is 2.20. The number of carbonyl (C=O) groups excluding carboxylic acids is 1. The van der Waals surface area contributed by atoms with Gasteiger partial charge in [0.05, 0.1) is 40.9 Å². The lowest BCUT2D eigenvalue weighted by Gasteiger charge is -2.32. The standard InChI is InChI=1S/C26H29ClN6O3/c1-30-8-10-32(11-9-30)25(34)29-18-5-6-19(21(27)15-18)17-4-7-22-20(14-17)24-23(16-28-22)31(2)26(35)33(24)12-13-36-3/h4-7,14-16H,8-13H2,1-3H3,(H,29,34). The summed E-state index contributed by atoms with van der Waals surface area (Å²) in [5, 5.41) is 4.34. The fraction of sp³-hybridized carbons (Fsp3) is 0.346. The number of halogens is 1. The molecule has 0 spiro atoms. The van der Waals surface area contributed by atoms with Crippen molar-refractivity contribution in [3.8, 4) is 11.1 Å². The second-order valence-electron chi connectivity index (χ2n) is 9.13. The first-order valence-corrected chi connectivity index (χ1v) is 12.3. The number of amides is 2. The predicted molar refractivity (Wildman–Crippen MR) is 143 cm³/mol. The van der Waals surface area contributed by atoms with Crippen LogP contribution < -0.4 is 11.0 Å². The molecule has 0 radical (unpaired) electrons. The molecule has 2 aromatic heterocycles. The van der Waals surface area contributed by atoms with E-state index in [1.807, 2.05) is 35.2 Å². The molecule has 1 saturated heterocycles. The zero-order valence-electron chi connectivity index (χ0n) is 20.6. The number of hydrogen-bond acceptors (Lipinski definition) is 5. The van der Waals surface area contributed by atoms with E-state index < -0.39 is 0 Å². The smallest absolute Gasteiger partial charge is 0.328 e. The third-order valence-corrected chi connectivity index (χ3v) is 7.12. The van der Waals surface area contributed by atoms with Crippen molar-refractivity contribution in [1.29, 1.82) is 0 Å². The monoisotopic (exact) mass is 508 g/mol. The summed E-state index contributed by atoms with van der Waals surface area (Å²) in [4.78, 5) is 34.1. The van der Waals surface area contributed by atoms with Crippen LogP contribution in [0.4, 0.5) is 10.5 Å². The molecule has 0 bridgehead atoms. The first kappa shape index (κ1) is 24.3. The lowest BCUT2D eigenvalue weighted by Crippen LogP contribution is -2.48. The highest BCUT2D eigenvalue weighted by atomic mass is 35.5. The van der Waals surface area contributed by atoms with Crippen molar-refractivity contribution in [2.45, 2.75) is 6.54 Å². The van der Waals surface area contributed by atoms with Crippen molar-refractivity contribution in [3.63, 3.8) is 0 Å². The molecular formula is C26H29ClN6O3. The van der Waals surface area contributed by atoms with Gasteiger partial charge in [-0.2, -0.15) is 0 Å². The molecule has 1 aliphatic rings. The normalized spacial score (nSPS) is 14.6. The van der Waals surface area contributed by atoms with Crippen LogP contribution in [-0.2, 0) is 18.3 Å². The molecule has 3 heterocycles. The van der Waals surface area contributed by atoms with Crippen molar-refractivity contribution in [2.75, 3.05) is 52.3 Å². The summed E-state index contributed by atoms with van der Waals surface area (Å²) < 4.78 is 8.56. The topological polar surface area (TPSA) is 84.6 Å². The molecular weight excluding hydrogens is 480 g/mol. The third-order valence-electron chi connectivity index (χ3n) is 6.81. The summed E-state index contributed by atoms with van der Waals surface area (Å²) in [7, 11) is 5.42. The third kappa shape index (κ3) is 4.45. The van der Waals surface area contributed by atoms with Gasteiger partial charge < -0.3 is 19.9 Å². The van der Waals surface area contributed by atoms with Crippen LogP contribution in [0.5, 0.6) is 0 Å². The van der Waals surface area contributed by atoms with Gasteiger partial charge in [-0.1, -0.05) is 23.7 Å². The minimum Gasteiger partial charge on any atom is -0.383 e. The number of methoxy groups -OCH3 is 1. The van der Waals surface area contributed by atoms with E-state index in [9.17, 15) is 9.59 Å². The Balaban J connectivity index is 1.49. The largest absolute Gasteiger partial charge is 0.383 e. The maximum atomic E-state index is 12.9. The van der Waals surface area contributed by atoms with Crippen molar-refractivity contribution < 1.29 is 9.53 Å². The summed E-state index contributed by atoms with van der Waals surface area (Å²) in [6, 6.07) is 11.3. The fourth-order valence-electron chi connectivity index (χ4n) is 4.67. The SMILES string of the molecule is COCCn1c(=O)n(C)c2cnc3ccc(-c4ccc(NC(=O)N5CCN(C)CC5)cc4Cl)cc3c21. The van der Waals surface area contributed by atoms with Gasteiger partial charge in [-0.3, -0.25) is 14.1 Å². The van der Waals surface area contributed by atoms with Gasteiger partial charge in [0.15, 0.2) is 0 Å². The van der Waals surface area contributed by atoms with Gasteiger partial charge >= 0.3 is 11.7 Å². The van der Waals surface area contributed by atoms with Crippen LogP contribution in [0.3, 0.4) is 0 Å². The minimum absolute atomic E-state index is 0.111. The second-order valence-corrected chi connectivity index (χ2v) is 9.53. The Bertz CT molecular complexity index is 1500. The maximum Gasteiger partial charge on any atom is 0.328 e. The number of piperazine rings is 1. The molecule has 2 aromatic carbocycles. The van der Waals surface area contributed by atoms with E-state index in [4.69, 9.17) is 16.3 Å². The number of pyridine rings is 1. The average molecular weight is 509 g/mol. The zero-order chi connectivity index (χ0) is 25.4. The van der Waals surface area contributed by atoms with Crippen LogP contribution in [0.25, 0.3) is 33.1 Å². The van der Waals surface area contributed by atoms with Crippen LogP contribution in [0.2, 0.25) is 5.02 Å². The predicted octanol–water partition coefficient (Wildman–Crippen LogP) is 3.63. The number of anilines is 1. The van der Waals surface area contributed by atoms with Gasteiger partial charge in [0.2, 0.25) is 0 Å². The fourth-order valence-corrected chi connectivity index (χ4v) is 4.96. The second kappa shape index (κ2) is 9.93. The van der Waals surface area contributed by atoms with Gasteiger partial charge in [0, 0.05) is 57.0 Å². The van der Waals surface area contributed by atoms with E-state index in [1.54, 1.807) is 35.6 Å². The maximum absolute atomic E-state index is 12.9. The van der Waals surface area contributed by atoms with E-state index in [2.05, 4.69) is 22.2 Å². The Kier molecular flexibility index (Phi) is 6.70. The number of carbonyl (C=O) groups is 1. The molecule has 0 unspecified atom stereocenters. The van der Waals surface area contributed by atoms with Crippen molar-refractivity contribution in [3.05, 3.63) is 58.1 Å². The summed E-state index contributed by atoms with van der Waals surface area (Å²) in [6.07, 6.45) is 1.73. The van der Waals surface area contributed by atoms with Crippen LogP contribution in [0.1, 0.15) is 0 Å². The van der Waals surface area contributed by atoms with Gasteiger partial charge in [-0.15, -0.1) is 0 Å². The number of rotatable bonds is 5. The number of ether oxygens (including phenoxy) is 1. The summed E-state index contributed by atoms with van der Waals surface area (Å²) >= 11 is 6.69. The molecule has 1 aliphatic heterocycles.